The van der Waals surface area contributed by atoms with Crippen LogP contribution in [-0.2, 0) is 9.53 Å². The first-order valence-corrected chi connectivity index (χ1v) is 11.6. The summed E-state index contributed by atoms with van der Waals surface area (Å²) in [6.07, 6.45) is 1.75. The maximum Gasteiger partial charge on any atom is 0.338 e. The third kappa shape index (κ3) is 4.18. The number of benzene rings is 2. The minimum Gasteiger partial charge on any atom is -0.463 e. The number of hydrogen-bond acceptors (Lipinski definition) is 5. The van der Waals surface area contributed by atoms with Crippen LogP contribution in [0, 0.1) is 6.92 Å². The molecule has 0 amide bonds. The average molecular weight is 487 g/mol. The van der Waals surface area contributed by atoms with Gasteiger partial charge in [0, 0.05) is 0 Å². The normalized spacial score (nSPS) is 16.0. The lowest BCUT2D eigenvalue weighted by Crippen LogP contribution is -2.39. The second-order valence-electron chi connectivity index (χ2n) is 7.39. The fourth-order valence-electron chi connectivity index (χ4n) is 3.61. The summed E-state index contributed by atoms with van der Waals surface area (Å²) < 4.78 is 7.36. The number of halogens is 2. The van der Waals surface area contributed by atoms with Gasteiger partial charge in [-0.15, -0.1) is 0 Å². The topological polar surface area (TPSA) is 60.7 Å². The smallest absolute Gasteiger partial charge is 0.338 e. The van der Waals surface area contributed by atoms with Crippen LogP contribution >= 0.6 is 34.5 Å². The van der Waals surface area contributed by atoms with Gasteiger partial charge in [0.15, 0.2) is 4.80 Å². The van der Waals surface area contributed by atoms with Crippen LogP contribution in [0.5, 0.6) is 0 Å². The van der Waals surface area contributed by atoms with Crippen LogP contribution in [0.1, 0.15) is 36.6 Å². The Balaban J connectivity index is 1.95. The minimum absolute atomic E-state index is 0.234. The molecule has 0 aliphatic carbocycles. The Hall–Kier alpha value is -2.67. The maximum atomic E-state index is 13.5. The zero-order chi connectivity index (χ0) is 23.0. The van der Waals surface area contributed by atoms with Crippen molar-refractivity contribution in [1.82, 2.24) is 4.57 Å². The molecule has 8 heteroatoms. The number of carbonyl (C=O) groups excluding carboxylic acids is 1. The van der Waals surface area contributed by atoms with Crippen molar-refractivity contribution in [2.24, 2.45) is 4.99 Å². The van der Waals surface area contributed by atoms with Gasteiger partial charge in [-0.1, -0.05) is 70.4 Å². The molecule has 0 bridgehead atoms. The Bertz CT molecular complexity index is 1420. The fourth-order valence-corrected chi connectivity index (χ4v) is 4.96. The van der Waals surface area contributed by atoms with E-state index in [2.05, 4.69) is 4.99 Å². The molecule has 2 heterocycles. The van der Waals surface area contributed by atoms with Gasteiger partial charge in [0.2, 0.25) is 0 Å². The number of allylic oxidation sites excluding steroid dienone is 1. The van der Waals surface area contributed by atoms with Gasteiger partial charge in [-0.25, -0.2) is 9.79 Å². The summed E-state index contributed by atoms with van der Waals surface area (Å²) in [6, 6.07) is 12.3. The van der Waals surface area contributed by atoms with Crippen LogP contribution in [0.15, 0.2) is 63.5 Å². The first-order valence-electron chi connectivity index (χ1n) is 10.0. The molecule has 1 aromatic heterocycles. The molecule has 5 nitrogen and oxygen atoms in total. The lowest BCUT2D eigenvalue weighted by atomic mass is 9.95. The number of hydrogen-bond donors (Lipinski definition) is 0. The molecular weight excluding hydrogens is 467 g/mol. The molecular formula is C24H20Cl2N2O3S. The molecule has 3 aromatic rings. The summed E-state index contributed by atoms with van der Waals surface area (Å²) >= 11 is 13.4. The van der Waals surface area contributed by atoms with Crippen LogP contribution in [0.3, 0.4) is 0 Å². The van der Waals surface area contributed by atoms with Gasteiger partial charge in [-0.3, -0.25) is 9.36 Å². The van der Waals surface area contributed by atoms with E-state index in [4.69, 9.17) is 27.9 Å². The van der Waals surface area contributed by atoms with Gasteiger partial charge in [-0.2, -0.15) is 0 Å². The van der Waals surface area contributed by atoms with Crippen LogP contribution in [0.2, 0.25) is 10.0 Å². The molecule has 1 aliphatic heterocycles. The SMILES string of the molecule is CCOC(=O)C1=C(C)N=c2sc(=Cc3ccc(Cl)c(Cl)c3)c(=O)n2[C@@H]1c1ccc(C)cc1. The number of esters is 1. The van der Waals surface area contributed by atoms with Gasteiger partial charge in [0.1, 0.15) is 0 Å². The molecule has 1 aliphatic rings. The highest BCUT2D eigenvalue weighted by Gasteiger charge is 2.33. The highest BCUT2D eigenvalue weighted by Crippen LogP contribution is 2.31. The van der Waals surface area contributed by atoms with Gasteiger partial charge < -0.3 is 4.74 Å². The summed E-state index contributed by atoms with van der Waals surface area (Å²) in [4.78, 5) is 31.5. The fraction of sp³-hybridized carbons (Fsp3) is 0.208. The molecule has 0 radical (unpaired) electrons. The second kappa shape index (κ2) is 9.06. The quantitative estimate of drug-likeness (QED) is 0.513. The van der Waals surface area contributed by atoms with Gasteiger partial charge in [-0.05, 0) is 50.1 Å². The number of thiazole rings is 1. The van der Waals surface area contributed by atoms with Crippen LogP contribution in [-0.4, -0.2) is 17.1 Å². The van der Waals surface area contributed by atoms with E-state index in [0.717, 1.165) is 16.7 Å². The molecule has 4 rings (SSSR count). The zero-order valence-electron chi connectivity index (χ0n) is 17.7. The molecule has 0 unspecified atom stereocenters. The Morgan fingerprint density at radius 2 is 1.88 bits per heavy atom. The van der Waals surface area contributed by atoms with E-state index < -0.39 is 12.0 Å². The highest BCUT2D eigenvalue weighted by atomic mass is 35.5. The van der Waals surface area contributed by atoms with Crippen molar-refractivity contribution in [3.63, 3.8) is 0 Å². The number of aromatic nitrogens is 1. The van der Waals surface area contributed by atoms with E-state index in [9.17, 15) is 9.59 Å². The van der Waals surface area contributed by atoms with Crippen molar-refractivity contribution in [3.8, 4) is 0 Å². The molecule has 1 atom stereocenters. The van der Waals surface area contributed by atoms with E-state index >= 15 is 0 Å². The molecule has 0 saturated carbocycles. The van der Waals surface area contributed by atoms with Crippen LogP contribution in [0.4, 0.5) is 0 Å². The van der Waals surface area contributed by atoms with Crippen molar-refractivity contribution in [2.45, 2.75) is 26.8 Å². The Labute approximate surface area is 198 Å². The summed E-state index contributed by atoms with van der Waals surface area (Å²) in [7, 11) is 0. The first-order chi connectivity index (χ1) is 15.3. The summed E-state index contributed by atoms with van der Waals surface area (Å²) in [5.41, 5.74) is 3.31. The second-order valence-corrected chi connectivity index (χ2v) is 9.21. The number of nitrogens with zero attached hydrogens (tertiary/aromatic N) is 2. The average Bonchev–Trinajstić information content (AvgIpc) is 3.05. The van der Waals surface area contributed by atoms with Crippen molar-refractivity contribution in [2.75, 3.05) is 6.61 Å². The van der Waals surface area contributed by atoms with E-state index in [-0.39, 0.29) is 12.2 Å². The van der Waals surface area contributed by atoms with E-state index in [0.29, 0.717) is 30.6 Å². The lowest BCUT2D eigenvalue weighted by Gasteiger charge is -2.24. The monoisotopic (exact) mass is 486 g/mol. The Morgan fingerprint density at radius 1 is 1.16 bits per heavy atom. The predicted octanol–water partition coefficient (Wildman–Crippen LogP) is 4.41. The molecule has 0 saturated heterocycles. The molecule has 32 heavy (non-hydrogen) atoms. The zero-order valence-corrected chi connectivity index (χ0v) is 20.0. The van der Waals surface area contributed by atoms with Crippen molar-refractivity contribution in [3.05, 3.63) is 100 Å². The number of rotatable bonds is 4. The predicted molar refractivity (Wildman–Crippen MR) is 128 cm³/mol. The third-order valence-corrected chi connectivity index (χ3v) is 6.87. The summed E-state index contributed by atoms with van der Waals surface area (Å²) in [5.74, 6) is -0.474. The largest absolute Gasteiger partial charge is 0.463 e. The van der Waals surface area contributed by atoms with Crippen molar-refractivity contribution >= 4 is 46.6 Å². The molecule has 0 fully saturated rings. The third-order valence-electron chi connectivity index (χ3n) is 5.15. The van der Waals surface area contributed by atoms with Gasteiger partial charge >= 0.3 is 5.97 Å². The standard InChI is InChI=1S/C24H20Cl2N2O3S/c1-4-31-23(30)20-14(3)27-24-28(21(20)16-8-5-13(2)6-9-16)22(29)19(32-24)12-15-7-10-17(25)18(26)11-15/h5-12,21H,4H2,1-3H3/t21-/m1/s1. The van der Waals surface area contributed by atoms with Gasteiger partial charge in [0.25, 0.3) is 5.56 Å². The number of ether oxygens (including phenoxy) is 1. The summed E-state index contributed by atoms with van der Waals surface area (Å²) in [5, 5.41) is 0.852. The first kappa shape index (κ1) is 22.5. The Morgan fingerprint density at radius 3 is 2.53 bits per heavy atom. The maximum absolute atomic E-state index is 13.5. The van der Waals surface area contributed by atoms with Crippen LogP contribution in [0.25, 0.3) is 6.08 Å². The van der Waals surface area contributed by atoms with Crippen molar-refractivity contribution in [1.29, 1.82) is 0 Å². The van der Waals surface area contributed by atoms with E-state index in [1.54, 1.807) is 42.7 Å². The van der Waals surface area contributed by atoms with Gasteiger partial charge in [0.05, 0.1) is 38.5 Å². The summed E-state index contributed by atoms with van der Waals surface area (Å²) in [6.45, 7) is 5.74. The van der Waals surface area contributed by atoms with Crippen molar-refractivity contribution < 1.29 is 9.53 Å². The molecule has 0 N–H and O–H groups in total. The number of fused-ring (bicyclic) bond motifs is 1. The van der Waals surface area contributed by atoms with E-state index in [1.165, 1.54) is 11.3 Å². The number of carbonyl (C=O) groups is 1. The molecule has 164 valence electrons. The minimum atomic E-state index is -0.623. The lowest BCUT2D eigenvalue weighted by molar-refractivity contribution is -0.139. The Kier molecular flexibility index (Phi) is 6.38. The molecule has 0 spiro atoms. The highest BCUT2D eigenvalue weighted by molar-refractivity contribution is 7.07. The number of aryl methyl sites for hydroxylation is 1. The van der Waals surface area contributed by atoms with Crippen LogP contribution < -0.4 is 14.9 Å². The molecule has 2 aromatic carbocycles. The van der Waals surface area contributed by atoms with E-state index in [1.807, 2.05) is 31.2 Å².